The summed E-state index contributed by atoms with van der Waals surface area (Å²) in [6.07, 6.45) is 0. The van der Waals surface area contributed by atoms with E-state index >= 15 is 0 Å². The molecule has 0 saturated heterocycles. The monoisotopic (exact) mass is 538 g/mol. The van der Waals surface area contributed by atoms with Crippen LogP contribution in [-0.2, 0) is 0 Å². The molecule has 0 spiro atoms. The molecule has 0 aliphatic heterocycles. The molecule has 0 fully saturated rings. The Labute approximate surface area is 246 Å². The Balaban J connectivity index is 1.66. The van der Waals surface area contributed by atoms with Gasteiger partial charge in [0.2, 0.25) is 0 Å². The van der Waals surface area contributed by atoms with Crippen molar-refractivity contribution in [1.82, 2.24) is 0 Å². The maximum absolute atomic E-state index is 5.85. The summed E-state index contributed by atoms with van der Waals surface area (Å²) in [5.74, 6) is 26.0. The third kappa shape index (κ3) is 7.34. The summed E-state index contributed by atoms with van der Waals surface area (Å²) in [5.41, 5.74) is 32.4. The zero-order valence-electron chi connectivity index (χ0n) is 22.7. The van der Waals surface area contributed by atoms with E-state index in [4.69, 9.17) is 22.9 Å². The molecule has 0 bridgehead atoms. The van der Waals surface area contributed by atoms with Crippen molar-refractivity contribution in [2.75, 3.05) is 22.9 Å². The second-order valence-corrected chi connectivity index (χ2v) is 9.43. The van der Waals surface area contributed by atoms with Gasteiger partial charge in [0.05, 0.1) is 0 Å². The van der Waals surface area contributed by atoms with E-state index in [0.717, 1.165) is 44.5 Å². The minimum absolute atomic E-state index is 0.680. The Morgan fingerprint density at radius 3 is 0.643 bits per heavy atom. The van der Waals surface area contributed by atoms with Gasteiger partial charge in [0.15, 0.2) is 0 Å². The van der Waals surface area contributed by atoms with Gasteiger partial charge in [-0.2, -0.15) is 0 Å². The lowest BCUT2D eigenvalue weighted by atomic mass is 9.97. The SMILES string of the molecule is Nc1ccc(C#Cc2cc(C#Cc3ccc(N)cc3)c(C#Cc3ccc(N)cc3)cc2C#Cc2ccc(N)cc2)cc1. The molecule has 4 nitrogen and oxygen atoms in total. The van der Waals surface area contributed by atoms with Crippen LogP contribution in [0.3, 0.4) is 0 Å². The lowest BCUT2D eigenvalue weighted by Crippen LogP contribution is -1.93. The molecule has 0 heterocycles. The van der Waals surface area contributed by atoms with Crippen molar-refractivity contribution in [1.29, 1.82) is 0 Å². The van der Waals surface area contributed by atoms with Crippen LogP contribution in [0.2, 0.25) is 0 Å². The first-order chi connectivity index (χ1) is 20.4. The second kappa shape index (κ2) is 12.6. The fourth-order valence-corrected chi connectivity index (χ4v) is 3.84. The highest BCUT2D eigenvalue weighted by atomic mass is 14.5. The first kappa shape index (κ1) is 27.1. The van der Waals surface area contributed by atoms with E-state index in [-0.39, 0.29) is 0 Å². The van der Waals surface area contributed by atoms with Crippen molar-refractivity contribution >= 4 is 22.7 Å². The van der Waals surface area contributed by atoms with Gasteiger partial charge >= 0.3 is 0 Å². The quantitative estimate of drug-likeness (QED) is 0.152. The summed E-state index contributed by atoms with van der Waals surface area (Å²) < 4.78 is 0. The topological polar surface area (TPSA) is 104 Å². The average Bonchev–Trinajstić information content (AvgIpc) is 3.00. The molecular weight excluding hydrogens is 512 g/mol. The van der Waals surface area contributed by atoms with Gasteiger partial charge in [-0.25, -0.2) is 0 Å². The third-order valence-corrected chi connectivity index (χ3v) is 6.17. The molecule has 0 aliphatic rings. The third-order valence-electron chi connectivity index (χ3n) is 6.17. The van der Waals surface area contributed by atoms with Crippen LogP contribution in [0.5, 0.6) is 0 Å². The van der Waals surface area contributed by atoms with Crippen molar-refractivity contribution in [3.63, 3.8) is 0 Å². The summed E-state index contributed by atoms with van der Waals surface area (Å²) in [7, 11) is 0. The standard InChI is InChI=1S/C38H26N4/c39-35-17-5-27(6-18-35)1-13-31-25-33(15-3-29-9-21-37(41)22-10-29)34(16-4-30-11-23-38(42)24-12-30)26-32(31)14-2-28-7-19-36(40)20-8-28/h5-12,17-26H,39-42H2. The van der Waals surface area contributed by atoms with Crippen LogP contribution in [0, 0.1) is 47.4 Å². The van der Waals surface area contributed by atoms with Gasteiger partial charge in [-0.05, 0) is 109 Å². The molecule has 0 unspecified atom stereocenters. The molecule has 5 aromatic rings. The lowest BCUT2D eigenvalue weighted by molar-refractivity contribution is 1.50. The van der Waals surface area contributed by atoms with Crippen LogP contribution in [0.15, 0.2) is 109 Å². The molecule has 0 amide bonds. The highest BCUT2D eigenvalue weighted by Gasteiger charge is 2.06. The maximum Gasteiger partial charge on any atom is 0.0419 e. The molecule has 5 aromatic carbocycles. The van der Waals surface area contributed by atoms with Crippen LogP contribution in [0.25, 0.3) is 0 Å². The fourth-order valence-electron chi connectivity index (χ4n) is 3.84. The molecule has 0 radical (unpaired) electrons. The Bertz CT molecular complexity index is 1690. The van der Waals surface area contributed by atoms with Gasteiger partial charge in [-0.3, -0.25) is 0 Å². The summed E-state index contributed by atoms with van der Waals surface area (Å²) >= 11 is 0. The summed E-state index contributed by atoms with van der Waals surface area (Å²) in [6, 6.07) is 33.6. The predicted octanol–water partition coefficient (Wildman–Crippen LogP) is 5.61. The Kier molecular flexibility index (Phi) is 8.13. The number of nitrogens with two attached hydrogens (primary N) is 4. The van der Waals surface area contributed by atoms with E-state index in [1.54, 1.807) is 0 Å². The number of nitrogen functional groups attached to an aromatic ring is 4. The molecule has 0 saturated carbocycles. The lowest BCUT2D eigenvalue weighted by Gasteiger charge is -2.04. The number of anilines is 4. The predicted molar refractivity (Wildman–Crippen MR) is 174 cm³/mol. The molecule has 4 heteroatoms. The molecule has 0 atom stereocenters. The molecule has 0 aromatic heterocycles. The fraction of sp³-hybridized carbons (Fsp3) is 0. The minimum atomic E-state index is 0.680. The van der Waals surface area contributed by atoms with Crippen LogP contribution in [0.4, 0.5) is 22.7 Å². The first-order valence-corrected chi connectivity index (χ1v) is 13.1. The number of hydrogen-bond acceptors (Lipinski definition) is 4. The van der Waals surface area contributed by atoms with E-state index in [0.29, 0.717) is 22.7 Å². The van der Waals surface area contributed by atoms with E-state index < -0.39 is 0 Å². The van der Waals surface area contributed by atoms with E-state index in [1.807, 2.05) is 109 Å². The zero-order valence-corrected chi connectivity index (χ0v) is 22.7. The molecule has 8 N–H and O–H groups in total. The summed E-state index contributed by atoms with van der Waals surface area (Å²) in [6.45, 7) is 0. The molecular formula is C38H26N4. The Morgan fingerprint density at radius 2 is 0.452 bits per heavy atom. The van der Waals surface area contributed by atoms with Gasteiger partial charge in [0.25, 0.3) is 0 Å². The van der Waals surface area contributed by atoms with Crippen LogP contribution in [0.1, 0.15) is 44.5 Å². The minimum Gasteiger partial charge on any atom is -0.399 e. The van der Waals surface area contributed by atoms with Crippen molar-refractivity contribution in [2.45, 2.75) is 0 Å². The smallest absolute Gasteiger partial charge is 0.0419 e. The normalized spacial score (nSPS) is 9.52. The highest BCUT2D eigenvalue weighted by molar-refractivity contribution is 5.65. The van der Waals surface area contributed by atoms with E-state index in [1.165, 1.54) is 0 Å². The molecule has 0 aliphatic carbocycles. The van der Waals surface area contributed by atoms with Gasteiger partial charge < -0.3 is 22.9 Å². The molecule has 5 rings (SSSR count). The molecule has 198 valence electrons. The highest BCUT2D eigenvalue weighted by Crippen LogP contribution is 2.18. The maximum atomic E-state index is 5.85. The Hall–Kier alpha value is -6.46. The second-order valence-electron chi connectivity index (χ2n) is 9.43. The number of hydrogen-bond donors (Lipinski definition) is 4. The van der Waals surface area contributed by atoms with Gasteiger partial charge in [-0.15, -0.1) is 0 Å². The van der Waals surface area contributed by atoms with Crippen LogP contribution in [-0.4, -0.2) is 0 Å². The van der Waals surface area contributed by atoms with Crippen molar-refractivity contribution in [3.05, 3.63) is 154 Å². The zero-order chi connectivity index (χ0) is 29.3. The van der Waals surface area contributed by atoms with Crippen LogP contribution >= 0.6 is 0 Å². The van der Waals surface area contributed by atoms with Gasteiger partial charge in [-0.1, -0.05) is 47.4 Å². The van der Waals surface area contributed by atoms with Crippen molar-refractivity contribution in [2.24, 2.45) is 0 Å². The molecule has 42 heavy (non-hydrogen) atoms. The number of benzene rings is 5. The van der Waals surface area contributed by atoms with Crippen LogP contribution < -0.4 is 22.9 Å². The van der Waals surface area contributed by atoms with Gasteiger partial charge in [0.1, 0.15) is 0 Å². The number of rotatable bonds is 0. The van der Waals surface area contributed by atoms with E-state index in [2.05, 4.69) is 47.4 Å². The summed E-state index contributed by atoms with van der Waals surface area (Å²) in [4.78, 5) is 0. The van der Waals surface area contributed by atoms with Crippen molar-refractivity contribution < 1.29 is 0 Å². The Morgan fingerprint density at radius 1 is 0.262 bits per heavy atom. The first-order valence-electron chi connectivity index (χ1n) is 13.1. The van der Waals surface area contributed by atoms with Crippen molar-refractivity contribution in [3.8, 4) is 47.4 Å². The van der Waals surface area contributed by atoms with E-state index in [9.17, 15) is 0 Å². The largest absolute Gasteiger partial charge is 0.399 e. The average molecular weight is 539 g/mol. The summed E-state index contributed by atoms with van der Waals surface area (Å²) in [5, 5.41) is 0. The van der Waals surface area contributed by atoms with Gasteiger partial charge in [0, 0.05) is 67.3 Å².